The highest BCUT2D eigenvalue weighted by atomic mass is 16.5. The van der Waals surface area contributed by atoms with E-state index in [1.807, 2.05) is 91.9 Å². The van der Waals surface area contributed by atoms with Crippen LogP contribution in [-0.4, -0.2) is 6.61 Å². The predicted molar refractivity (Wildman–Crippen MR) is 108 cm³/mol. The van der Waals surface area contributed by atoms with Gasteiger partial charge in [0.2, 0.25) is 0 Å². The minimum absolute atomic E-state index is 0.476. The number of ether oxygens (including phenoxy) is 2. The van der Waals surface area contributed by atoms with Crippen molar-refractivity contribution in [1.82, 2.24) is 0 Å². The molecular weight excluding hydrogens is 334 g/mol. The largest absolute Gasteiger partial charge is 0.490 e. The summed E-state index contributed by atoms with van der Waals surface area (Å²) in [6.07, 6.45) is 1.86. The van der Waals surface area contributed by atoms with E-state index in [-0.39, 0.29) is 0 Å². The van der Waals surface area contributed by atoms with Gasteiger partial charge >= 0.3 is 0 Å². The van der Waals surface area contributed by atoms with Crippen LogP contribution in [0.3, 0.4) is 0 Å². The number of nitriles is 1. The van der Waals surface area contributed by atoms with E-state index in [2.05, 4.69) is 6.07 Å². The maximum absolute atomic E-state index is 9.50. The first kappa shape index (κ1) is 18.3. The van der Waals surface area contributed by atoms with Crippen LogP contribution in [0, 0.1) is 11.3 Å². The Morgan fingerprint density at radius 1 is 0.889 bits per heavy atom. The van der Waals surface area contributed by atoms with Crippen molar-refractivity contribution in [2.75, 3.05) is 6.61 Å². The van der Waals surface area contributed by atoms with Gasteiger partial charge in [-0.05, 0) is 41.8 Å². The van der Waals surface area contributed by atoms with Crippen LogP contribution >= 0.6 is 0 Å². The summed E-state index contributed by atoms with van der Waals surface area (Å²) in [6, 6.07) is 27.6. The van der Waals surface area contributed by atoms with Gasteiger partial charge in [-0.25, -0.2) is 0 Å². The first-order valence-corrected chi connectivity index (χ1v) is 8.91. The molecule has 0 N–H and O–H groups in total. The zero-order valence-electron chi connectivity index (χ0n) is 15.3. The maximum Gasteiger partial charge on any atom is 0.161 e. The molecule has 3 heteroatoms. The van der Waals surface area contributed by atoms with Crippen LogP contribution in [-0.2, 0) is 6.61 Å². The van der Waals surface area contributed by atoms with Gasteiger partial charge in [0, 0.05) is 0 Å². The molecule has 3 aromatic rings. The lowest BCUT2D eigenvalue weighted by molar-refractivity contribution is 0.269. The van der Waals surface area contributed by atoms with Gasteiger partial charge < -0.3 is 9.47 Å². The average Bonchev–Trinajstić information content (AvgIpc) is 2.73. The van der Waals surface area contributed by atoms with Crippen molar-refractivity contribution >= 4 is 11.6 Å². The van der Waals surface area contributed by atoms with E-state index in [1.54, 1.807) is 0 Å². The summed E-state index contributed by atoms with van der Waals surface area (Å²) in [7, 11) is 0. The predicted octanol–water partition coefficient (Wildman–Crippen LogP) is 5.73. The second-order valence-electron chi connectivity index (χ2n) is 5.95. The van der Waals surface area contributed by atoms with Gasteiger partial charge in [0.25, 0.3) is 0 Å². The molecule has 0 spiro atoms. The Morgan fingerprint density at radius 3 is 2.26 bits per heavy atom. The highest BCUT2D eigenvalue weighted by Crippen LogP contribution is 2.31. The standard InChI is InChI=1S/C24H21NO2/c1-2-26-24-16-20(15-22(17-25)21-11-7-4-8-12-21)13-14-23(24)27-18-19-9-5-3-6-10-19/h3-16H,2,18H2,1H3/b22-15-. The Bertz CT molecular complexity index is 941. The summed E-state index contributed by atoms with van der Waals surface area (Å²) >= 11 is 0. The summed E-state index contributed by atoms with van der Waals surface area (Å²) in [5.41, 5.74) is 3.49. The molecule has 0 aliphatic rings. The average molecular weight is 355 g/mol. The molecule has 0 bridgehead atoms. The fourth-order valence-electron chi connectivity index (χ4n) is 2.70. The summed E-state index contributed by atoms with van der Waals surface area (Å²) in [5.74, 6) is 1.36. The second-order valence-corrected chi connectivity index (χ2v) is 5.95. The third-order valence-electron chi connectivity index (χ3n) is 4.02. The maximum atomic E-state index is 9.50. The summed E-state index contributed by atoms with van der Waals surface area (Å²) in [5, 5.41) is 9.50. The van der Waals surface area contributed by atoms with E-state index in [9.17, 15) is 5.26 Å². The SMILES string of the molecule is CCOc1cc(/C=C(/C#N)c2ccccc2)ccc1OCc1ccccc1. The van der Waals surface area contributed by atoms with Crippen LogP contribution in [0.4, 0.5) is 0 Å². The van der Waals surface area contributed by atoms with E-state index in [0.717, 1.165) is 16.7 Å². The first-order valence-electron chi connectivity index (χ1n) is 8.91. The highest BCUT2D eigenvalue weighted by Gasteiger charge is 2.08. The normalized spacial score (nSPS) is 10.9. The molecule has 0 fully saturated rings. The lowest BCUT2D eigenvalue weighted by Crippen LogP contribution is -2.00. The third kappa shape index (κ3) is 4.99. The van der Waals surface area contributed by atoms with Gasteiger partial charge in [0.15, 0.2) is 11.5 Å². The molecule has 0 atom stereocenters. The molecule has 27 heavy (non-hydrogen) atoms. The molecule has 134 valence electrons. The lowest BCUT2D eigenvalue weighted by Gasteiger charge is -2.13. The zero-order valence-corrected chi connectivity index (χ0v) is 15.3. The van der Waals surface area contributed by atoms with Crippen LogP contribution in [0.15, 0.2) is 78.9 Å². The Kier molecular flexibility index (Phi) is 6.27. The summed E-state index contributed by atoms with van der Waals surface area (Å²) in [6.45, 7) is 2.95. The van der Waals surface area contributed by atoms with E-state index >= 15 is 0 Å². The van der Waals surface area contributed by atoms with E-state index in [4.69, 9.17) is 9.47 Å². The molecule has 3 rings (SSSR count). The zero-order chi connectivity index (χ0) is 18.9. The quantitative estimate of drug-likeness (QED) is 0.401. The molecule has 0 heterocycles. The summed E-state index contributed by atoms with van der Waals surface area (Å²) < 4.78 is 11.7. The molecule has 0 unspecified atom stereocenters. The minimum atomic E-state index is 0.476. The van der Waals surface area contributed by atoms with Gasteiger partial charge in [0.1, 0.15) is 6.61 Å². The van der Waals surface area contributed by atoms with Gasteiger partial charge in [-0.1, -0.05) is 66.7 Å². The van der Waals surface area contributed by atoms with Crippen molar-refractivity contribution in [2.45, 2.75) is 13.5 Å². The Morgan fingerprint density at radius 2 is 1.59 bits per heavy atom. The van der Waals surface area contributed by atoms with Gasteiger partial charge in [-0.15, -0.1) is 0 Å². The minimum Gasteiger partial charge on any atom is -0.490 e. The summed E-state index contributed by atoms with van der Waals surface area (Å²) in [4.78, 5) is 0. The molecule has 0 amide bonds. The number of allylic oxidation sites excluding steroid dienone is 1. The fraction of sp³-hybridized carbons (Fsp3) is 0.125. The molecule has 3 nitrogen and oxygen atoms in total. The van der Waals surface area contributed by atoms with Crippen molar-refractivity contribution in [1.29, 1.82) is 5.26 Å². The van der Waals surface area contributed by atoms with E-state index in [1.165, 1.54) is 0 Å². The number of benzene rings is 3. The van der Waals surface area contributed by atoms with E-state index < -0.39 is 0 Å². The molecule has 0 saturated carbocycles. The lowest BCUT2D eigenvalue weighted by atomic mass is 10.0. The van der Waals surface area contributed by atoms with Crippen LogP contribution in [0.1, 0.15) is 23.6 Å². The Hall–Kier alpha value is -3.51. The molecule has 0 aromatic heterocycles. The van der Waals surface area contributed by atoms with Crippen molar-refractivity contribution in [3.63, 3.8) is 0 Å². The van der Waals surface area contributed by atoms with Crippen molar-refractivity contribution in [2.24, 2.45) is 0 Å². The van der Waals surface area contributed by atoms with Gasteiger partial charge in [-0.2, -0.15) is 5.26 Å². The first-order chi connectivity index (χ1) is 13.3. The number of hydrogen-bond acceptors (Lipinski definition) is 3. The van der Waals surface area contributed by atoms with Crippen LogP contribution < -0.4 is 9.47 Å². The third-order valence-corrected chi connectivity index (χ3v) is 4.02. The van der Waals surface area contributed by atoms with Crippen LogP contribution in [0.25, 0.3) is 11.6 Å². The second kappa shape index (κ2) is 9.26. The Balaban J connectivity index is 1.84. The van der Waals surface area contributed by atoms with Gasteiger partial charge in [-0.3, -0.25) is 0 Å². The van der Waals surface area contributed by atoms with Crippen molar-refractivity contribution in [3.05, 3.63) is 95.6 Å². The monoisotopic (exact) mass is 355 g/mol. The topological polar surface area (TPSA) is 42.2 Å². The van der Waals surface area contributed by atoms with Crippen LogP contribution in [0.5, 0.6) is 11.5 Å². The van der Waals surface area contributed by atoms with Gasteiger partial charge in [0.05, 0.1) is 18.2 Å². The Labute approximate surface area is 160 Å². The van der Waals surface area contributed by atoms with Crippen molar-refractivity contribution < 1.29 is 9.47 Å². The van der Waals surface area contributed by atoms with E-state index in [0.29, 0.717) is 30.3 Å². The smallest absolute Gasteiger partial charge is 0.161 e. The molecule has 0 aliphatic carbocycles. The number of nitrogens with zero attached hydrogens (tertiary/aromatic N) is 1. The van der Waals surface area contributed by atoms with Crippen molar-refractivity contribution in [3.8, 4) is 17.6 Å². The molecule has 3 aromatic carbocycles. The molecule has 0 saturated heterocycles. The molecular formula is C24H21NO2. The molecule has 0 aliphatic heterocycles. The fourth-order valence-corrected chi connectivity index (χ4v) is 2.70. The van der Waals surface area contributed by atoms with Crippen LogP contribution in [0.2, 0.25) is 0 Å². The number of hydrogen-bond donors (Lipinski definition) is 0. The molecule has 0 radical (unpaired) electrons. The number of rotatable bonds is 7. The highest BCUT2D eigenvalue weighted by molar-refractivity contribution is 5.89.